The Labute approximate surface area is 225 Å². The first kappa shape index (κ1) is 35.2. The van der Waals surface area contributed by atoms with Gasteiger partial charge in [0.1, 0.15) is 18.1 Å². The number of carboxylic acid groups (broad SMARTS) is 1. The first-order valence-electron chi connectivity index (χ1n) is 13.9. The molecule has 0 aliphatic heterocycles. The van der Waals surface area contributed by atoms with Crippen LogP contribution in [0.4, 0.5) is 0 Å². The summed E-state index contributed by atoms with van der Waals surface area (Å²) in [5.74, 6) is -1.88. The maximum Gasteiger partial charge on any atom is 0.362 e. The van der Waals surface area contributed by atoms with Crippen molar-refractivity contribution in [3.63, 3.8) is 0 Å². The number of carbonyl (C=O) groups is 3. The topological polar surface area (TPSA) is 110 Å². The van der Waals surface area contributed by atoms with Crippen LogP contribution in [-0.2, 0) is 23.9 Å². The van der Waals surface area contributed by atoms with E-state index in [4.69, 9.17) is 9.47 Å². The molecule has 0 aromatic heterocycles. The number of quaternary nitrogens is 1. The van der Waals surface area contributed by atoms with E-state index in [-0.39, 0.29) is 36.5 Å². The molecule has 0 amide bonds. The van der Waals surface area contributed by atoms with Crippen LogP contribution in [0.1, 0.15) is 98.3 Å². The highest BCUT2D eigenvalue weighted by Crippen LogP contribution is 2.24. The molecule has 2 unspecified atom stereocenters. The van der Waals surface area contributed by atoms with Gasteiger partial charge in [-0.1, -0.05) is 64.4 Å². The molecule has 0 aliphatic rings. The van der Waals surface area contributed by atoms with Crippen LogP contribution in [-0.4, -0.2) is 85.5 Å². The molecule has 0 fully saturated rings. The van der Waals surface area contributed by atoms with Crippen LogP contribution < -0.4 is 0 Å². The van der Waals surface area contributed by atoms with Crippen molar-refractivity contribution in [1.82, 2.24) is 0 Å². The largest absolute Gasteiger partial charge is 0.477 e. The number of ether oxygens (including phenoxy) is 2. The van der Waals surface area contributed by atoms with Crippen molar-refractivity contribution in [2.24, 2.45) is 5.41 Å². The average molecular weight is 529 g/mol. The first-order valence-corrected chi connectivity index (χ1v) is 13.9. The molecule has 0 bridgehead atoms. The molecule has 0 aliphatic carbocycles. The zero-order valence-corrected chi connectivity index (χ0v) is 24.5. The van der Waals surface area contributed by atoms with Crippen LogP contribution >= 0.6 is 0 Å². The number of unbranched alkanes of at least 4 members (excludes halogenated alkanes) is 9. The molecule has 0 aromatic rings. The van der Waals surface area contributed by atoms with Crippen molar-refractivity contribution < 1.29 is 38.6 Å². The smallest absolute Gasteiger partial charge is 0.362 e. The number of ketones is 1. The van der Waals surface area contributed by atoms with Gasteiger partial charge in [0.2, 0.25) is 0 Å². The SMILES string of the molecule is CCCCCCCCCCCC=C(C)C(=O)C(C)(C)C(=O)OCC(O)COCCC(C(=O)O)[N+](C)(C)C. The number of allylic oxidation sites excluding steroid dienone is 2. The number of Topliss-reactive ketones (excluding diaryl/α,β-unsaturated/α-hetero) is 1. The van der Waals surface area contributed by atoms with Crippen molar-refractivity contribution in [3.05, 3.63) is 11.6 Å². The van der Waals surface area contributed by atoms with E-state index in [2.05, 4.69) is 6.92 Å². The number of carbonyl (C=O) groups excluding carboxylic acids is 2. The van der Waals surface area contributed by atoms with Gasteiger partial charge < -0.3 is 24.2 Å². The lowest BCUT2D eigenvalue weighted by Crippen LogP contribution is -2.50. The number of rotatable bonds is 22. The molecule has 0 heterocycles. The molecule has 0 spiro atoms. The minimum absolute atomic E-state index is 0.0944. The van der Waals surface area contributed by atoms with Crippen LogP contribution in [0.2, 0.25) is 0 Å². The van der Waals surface area contributed by atoms with Gasteiger partial charge >= 0.3 is 11.9 Å². The van der Waals surface area contributed by atoms with Gasteiger partial charge in [0.15, 0.2) is 11.8 Å². The van der Waals surface area contributed by atoms with Crippen molar-refractivity contribution in [2.75, 3.05) is 41.0 Å². The second-order valence-corrected chi connectivity index (χ2v) is 11.5. The summed E-state index contributed by atoms with van der Waals surface area (Å²) in [6, 6.07) is -0.626. The van der Waals surface area contributed by atoms with Gasteiger partial charge in [0.05, 0.1) is 34.4 Å². The number of nitrogens with zero attached hydrogens (tertiary/aromatic N) is 1. The van der Waals surface area contributed by atoms with Gasteiger partial charge in [0.25, 0.3) is 0 Å². The number of hydrogen-bond acceptors (Lipinski definition) is 6. The lowest BCUT2D eigenvalue weighted by atomic mass is 9.84. The second-order valence-electron chi connectivity index (χ2n) is 11.5. The van der Waals surface area contributed by atoms with Crippen LogP contribution in [0.25, 0.3) is 0 Å². The molecule has 37 heavy (non-hydrogen) atoms. The summed E-state index contributed by atoms with van der Waals surface area (Å²) in [7, 11) is 5.39. The fourth-order valence-electron chi connectivity index (χ4n) is 4.11. The fraction of sp³-hybridized carbons (Fsp3) is 0.828. The van der Waals surface area contributed by atoms with Crippen LogP contribution in [0.15, 0.2) is 11.6 Å². The summed E-state index contributed by atoms with van der Waals surface area (Å²) in [4.78, 5) is 36.8. The lowest BCUT2D eigenvalue weighted by Gasteiger charge is -2.31. The lowest BCUT2D eigenvalue weighted by molar-refractivity contribution is -0.887. The molecule has 8 nitrogen and oxygen atoms in total. The van der Waals surface area contributed by atoms with Crippen molar-refractivity contribution in [3.8, 4) is 0 Å². The van der Waals surface area contributed by atoms with Crippen LogP contribution in [0.3, 0.4) is 0 Å². The second kappa shape index (κ2) is 18.5. The van der Waals surface area contributed by atoms with Gasteiger partial charge in [-0.2, -0.15) is 0 Å². The molecule has 2 N–H and O–H groups in total. The molecule has 0 aromatic carbocycles. The molecule has 0 rings (SSSR count). The first-order chi connectivity index (χ1) is 17.2. The predicted octanol–water partition coefficient (Wildman–Crippen LogP) is 4.92. The van der Waals surface area contributed by atoms with E-state index in [1.807, 2.05) is 6.08 Å². The van der Waals surface area contributed by atoms with E-state index in [1.165, 1.54) is 58.8 Å². The average Bonchev–Trinajstić information content (AvgIpc) is 2.81. The Morgan fingerprint density at radius 1 is 0.919 bits per heavy atom. The maximum absolute atomic E-state index is 12.8. The van der Waals surface area contributed by atoms with E-state index in [1.54, 1.807) is 28.1 Å². The molecule has 0 saturated heterocycles. The van der Waals surface area contributed by atoms with Crippen molar-refractivity contribution in [2.45, 2.75) is 110 Å². The third-order valence-corrected chi connectivity index (χ3v) is 6.67. The number of aliphatic hydroxyl groups excluding tert-OH is 1. The minimum Gasteiger partial charge on any atom is -0.477 e. The Balaban J connectivity index is 4.32. The number of aliphatic hydroxyl groups is 1. The summed E-state index contributed by atoms with van der Waals surface area (Å²) >= 11 is 0. The summed E-state index contributed by atoms with van der Waals surface area (Å²) in [5, 5.41) is 19.4. The predicted molar refractivity (Wildman–Crippen MR) is 146 cm³/mol. The fourth-order valence-corrected chi connectivity index (χ4v) is 4.11. The van der Waals surface area contributed by atoms with E-state index >= 15 is 0 Å². The molecule has 8 heteroatoms. The van der Waals surface area contributed by atoms with Gasteiger partial charge in [0, 0.05) is 6.42 Å². The summed E-state index contributed by atoms with van der Waals surface area (Å²) in [6.07, 6.45) is 13.1. The van der Waals surface area contributed by atoms with Gasteiger partial charge in [-0.05, 0) is 39.2 Å². The monoisotopic (exact) mass is 528 g/mol. The number of likely N-dealkylation sites (N-methyl/N-ethyl adjacent to an activating group) is 1. The summed E-state index contributed by atoms with van der Waals surface area (Å²) in [6.45, 7) is 6.79. The number of carboxylic acids is 1. The Kier molecular flexibility index (Phi) is 17.6. The number of hydrogen-bond donors (Lipinski definition) is 2. The number of aliphatic carboxylic acids is 1. The molecule has 0 radical (unpaired) electrons. The zero-order chi connectivity index (χ0) is 28.5. The Bertz CT molecular complexity index is 710. The van der Waals surface area contributed by atoms with Crippen LogP contribution in [0, 0.1) is 5.41 Å². The van der Waals surface area contributed by atoms with E-state index < -0.39 is 29.5 Å². The summed E-state index contributed by atoms with van der Waals surface area (Å²) < 4.78 is 10.8. The quantitative estimate of drug-likeness (QED) is 0.0675. The molecule has 2 atom stereocenters. The zero-order valence-electron chi connectivity index (χ0n) is 24.5. The Morgan fingerprint density at radius 3 is 1.97 bits per heavy atom. The van der Waals surface area contributed by atoms with Crippen molar-refractivity contribution >= 4 is 17.7 Å². The molecular weight excluding hydrogens is 474 g/mol. The van der Waals surface area contributed by atoms with Gasteiger partial charge in [-0.3, -0.25) is 9.59 Å². The van der Waals surface area contributed by atoms with Gasteiger partial charge in [-0.15, -0.1) is 0 Å². The third kappa shape index (κ3) is 15.3. The maximum atomic E-state index is 12.8. The standard InChI is InChI=1S/C29H53NO7/c1-8-9-10-11-12-13-14-15-16-17-18-23(2)26(32)29(3,4)28(35)37-22-24(31)21-36-20-19-25(27(33)34)30(5,6)7/h18,24-25,31H,8-17,19-22H2,1-7H3/p+1. The highest BCUT2D eigenvalue weighted by atomic mass is 16.5. The number of esters is 1. The highest BCUT2D eigenvalue weighted by Gasteiger charge is 2.38. The minimum atomic E-state index is -1.35. The summed E-state index contributed by atoms with van der Waals surface area (Å²) in [5.41, 5.74) is -0.797. The molecule has 216 valence electrons. The normalized spacial score (nSPS) is 14.3. The molecular formula is C29H54NO7+. The van der Waals surface area contributed by atoms with E-state index in [9.17, 15) is 24.6 Å². The van der Waals surface area contributed by atoms with Gasteiger partial charge in [-0.25, -0.2) is 4.79 Å². The Hall–Kier alpha value is -1.77. The van der Waals surface area contributed by atoms with E-state index in [0.717, 1.165) is 19.3 Å². The highest BCUT2D eigenvalue weighted by molar-refractivity contribution is 6.11. The van der Waals surface area contributed by atoms with Crippen molar-refractivity contribution in [1.29, 1.82) is 0 Å². The Morgan fingerprint density at radius 2 is 1.46 bits per heavy atom. The third-order valence-electron chi connectivity index (χ3n) is 6.67. The van der Waals surface area contributed by atoms with E-state index in [0.29, 0.717) is 5.57 Å². The molecule has 0 saturated carbocycles. The van der Waals surface area contributed by atoms with Crippen LogP contribution in [0.5, 0.6) is 0 Å².